The molecule has 1 amide bonds. The van der Waals surface area contributed by atoms with Gasteiger partial charge < -0.3 is 10.1 Å². The van der Waals surface area contributed by atoms with Crippen LogP contribution in [0.4, 0.5) is 0 Å². The highest BCUT2D eigenvalue weighted by atomic mass is 16.5. The SMILES string of the molecule is COc1ccc2ccccc2c1CN1CCC2(CC1)C[C@H]2C(=O)NCCc1ccccc1. The summed E-state index contributed by atoms with van der Waals surface area (Å²) in [5, 5.41) is 5.71. The Morgan fingerprint density at radius 2 is 1.78 bits per heavy atom. The van der Waals surface area contributed by atoms with E-state index in [2.05, 4.69) is 70.9 Å². The second kappa shape index (κ2) is 8.95. The molecule has 1 N–H and O–H groups in total. The first kappa shape index (κ1) is 21.0. The number of carbonyl (C=O) groups is 1. The molecule has 0 radical (unpaired) electrons. The third-order valence-corrected chi connectivity index (χ3v) is 7.51. The van der Waals surface area contributed by atoms with Gasteiger partial charge in [0.15, 0.2) is 0 Å². The topological polar surface area (TPSA) is 41.6 Å². The van der Waals surface area contributed by atoms with Crippen LogP contribution in [0.3, 0.4) is 0 Å². The summed E-state index contributed by atoms with van der Waals surface area (Å²) < 4.78 is 5.69. The summed E-state index contributed by atoms with van der Waals surface area (Å²) in [6, 6.07) is 23.1. The average Bonchev–Trinajstić information content (AvgIpc) is 3.55. The smallest absolute Gasteiger partial charge is 0.223 e. The number of benzene rings is 3. The third-order valence-electron chi connectivity index (χ3n) is 7.51. The predicted octanol–water partition coefficient (Wildman–Crippen LogP) is 4.81. The number of methoxy groups -OCH3 is 1. The molecule has 1 saturated carbocycles. The van der Waals surface area contributed by atoms with Gasteiger partial charge in [0, 0.05) is 24.6 Å². The first-order valence-corrected chi connectivity index (χ1v) is 11.8. The van der Waals surface area contributed by atoms with E-state index in [0.717, 1.165) is 57.6 Å². The Hall–Kier alpha value is -2.85. The fourth-order valence-electron chi connectivity index (χ4n) is 5.42. The van der Waals surface area contributed by atoms with Crippen molar-refractivity contribution in [2.45, 2.75) is 32.2 Å². The third kappa shape index (κ3) is 4.24. The molecular formula is C28H32N2O2. The van der Waals surface area contributed by atoms with Crippen molar-refractivity contribution < 1.29 is 9.53 Å². The Labute approximate surface area is 190 Å². The fraction of sp³-hybridized carbons (Fsp3) is 0.393. The monoisotopic (exact) mass is 428 g/mol. The normalized spacial score (nSPS) is 19.7. The molecule has 1 heterocycles. The quantitative estimate of drug-likeness (QED) is 0.587. The van der Waals surface area contributed by atoms with E-state index in [1.54, 1.807) is 7.11 Å². The molecule has 2 aliphatic rings. The van der Waals surface area contributed by atoms with Crippen LogP contribution >= 0.6 is 0 Å². The number of hydrogen-bond donors (Lipinski definition) is 1. The van der Waals surface area contributed by atoms with Gasteiger partial charge in [0.2, 0.25) is 5.91 Å². The number of fused-ring (bicyclic) bond motifs is 1. The second-order valence-corrected chi connectivity index (χ2v) is 9.39. The maximum atomic E-state index is 12.7. The number of likely N-dealkylation sites (tertiary alicyclic amines) is 1. The molecule has 166 valence electrons. The standard InChI is InChI=1S/C28H32N2O2/c1-32-26-12-11-22-9-5-6-10-23(22)24(26)20-30-17-14-28(15-18-30)19-25(28)27(31)29-16-13-21-7-3-2-4-8-21/h2-12,25H,13-20H2,1H3,(H,29,31)/t25-/m0/s1. The van der Waals surface area contributed by atoms with E-state index in [1.807, 2.05) is 6.07 Å². The number of piperidine rings is 1. The molecule has 1 aliphatic carbocycles. The Balaban J connectivity index is 1.15. The largest absolute Gasteiger partial charge is 0.496 e. The molecule has 1 spiro atoms. The van der Waals surface area contributed by atoms with Crippen LogP contribution in [-0.2, 0) is 17.8 Å². The summed E-state index contributed by atoms with van der Waals surface area (Å²) >= 11 is 0. The lowest BCUT2D eigenvalue weighted by atomic mass is 9.90. The minimum Gasteiger partial charge on any atom is -0.496 e. The van der Waals surface area contributed by atoms with E-state index in [1.165, 1.54) is 21.9 Å². The van der Waals surface area contributed by atoms with Gasteiger partial charge in [-0.1, -0.05) is 60.7 Å². The maximum Gasteiger partial charge on any atom is 0.223 e. The van der Waals surface area contributed by atoms with Crippen LogP contribution in [0.1, 0.15) is 30.4 Å². The molecule has 0 unspecified atom stereocenters. The van der Waals surface area contributed by atoms with E-state index in [0.29, 0.717) is 0 Å². The number of ether oxygens (including phenoxy) is 1. The van der Waals surface area contributed by atoms with E-state index >= 15 is 0 Å². The number of rotatable bonds is 7. The number of carbonyl (C=O) groups excluding carboxylic acids is 1. The molecule has 3 aromatic carbocycles. The molecular weight excluding hydrogens is 396 g/mol. The lowest BCUT2D eigenvalue weighted by Gasteiger charge is -2.33. The van der Waals surface area contributed by atoms with Gasteiger partial charge in [-0.05, 0) is 66.6 Å². The average molecular weight is 429 g/mol. The van der Waals surface area contributed by atoms with Crippen molar-refractivity contribution in [2.75, 3.05) is 26.7 Å². The van der Waals surface area contributed by atoms with Gasteiger partial charge in [0.1, 0.15) is 5.75 Å². The molecule has 32 heavy (non-hydrogen) atoms. The molecule has 2 fully saturated rings. The minimum absolute atomic E-state index is 0.201. The van der Waals surface area contributed by atoms with Crippen molar-refractivity contribution in [3.05, 3.63) is 77.9 Å². The zero-order valence-electron chi connectivity index (χ0n) is 18.8. The first-order valence-electron chi connectivity index (χ1n) is 11.8. The summed E-state index contributed by atoms with van der Waals surface area (Å²) in [5.41, 5.74) is 2.78. The zero-order valence-corrected chi connectivity index (χ0v) is 18.8. The highest BCUT2D eigenvalue weighted by Crippen LogP contribution is 2.59. The van der Waals surface area contributed by atoms with Crippen LogP contribution in [-0.4, -0.2) is 37.6 Å². The van der Waals surface area contributed by atoms with Gasteiger partial charge in [0.25, 0.3) is 0 Å². The fourth-order valence-corrected chi connectivity index (χ4v) is 5.42. The van der Waals surface area contributed by atoms with Crippen molar-refractivity contribution in [2.24, 2.45) is 11.3 Å². The van der Waals surface area contributed by atoms with Gasteiger partial charge in [0.05, 0.1) is 7.11 Å². The lowest BCUT2D eigenvalue weighted by Crippen LogP contribution is -2.37. The van der Waals surface area contributed by atoms with Crippen molar-refractivity contribution in [3.8, 4) is 5.75 Å². The summed E-state index contributed by atoms with van der Waals surface area (Å²) in [4.78, 5) is 15.3. The summed E-state index contributed by atoms with van der Waals surface area (Å²) in [7, 11) is 1.75. The summed E-state index contributed by atoms with van der Waals surface area (Å²) in [5.74, 6) is 1.42. The number of hydrogen-bond acceptors (Lipinski definition) is 3. The van der Waals surface area contributed by atoms with Gasteiger partial charge in [-0.2, -0.15) is 0 Å². The number of nitrogens with zero attached hydrogens (tertiary/aromatic N) is 1. The molecule has 1 atom stereocenters. The zero-order chi connectivity index (χ0) is 22.0. The summed E-state index contributed by atoms with van der Waals surface area (Å²) in [6.07, 6.45) is 4.16. The Morgan fingerprint density at radius 3 is 2.56 bits per heavy atom. The van der Waals surface area contributed by atoms with Crippen molar-refractivity contribution in [1.29, 1.82) is 0 Å². The molecule has 4 heteroatoms. The van der Waals surface area contributed by atoms with E-state index in [-0.39, 0.29) is 17.2 Å². The second-order valence-electron chi connectivity index (χ2n) is 9.39. The minimum atomic E-state index is 0.201. The van der Waals surface area contributed by atoms with Crippen LogP contribution in [0, 0.1) is 11.3 Å². The van der Waals surface area contributed by atoms with Gasteiger partial charge >= 0.3 is 0 Å². The molecule has 0 aromatic heterocycles. The van der Waals surface area contributed by atoms with E-state index in [4.69, 9.17) is 4.74 Å². The van der Waals surface area contributed by atoms with Crippen LogP contribution in [0.2, 0.25) is 0 Å². The highest BCUT2D eigenvalue weighted by Gasteiger charge is 2.58. The van der Waals surface area contributed by atoms with Crippen molar-refractivity contribution in [3.63, 3.8) is 0 Å². The molecule has 0 bridgehead atoms. The summed E-state index contributed by atoms with van der Waals surface area (Å²) in [6.45, 7) is 3.71. The molecule has 5 rings (SSSR count). The number of amides is 1. The van der Waals surface area contributed by atoms with Gasteiger partial charge in [-0.15, -0.1) is 0 Å². The Morgan fingerprint density at radius 1 is 1.03 bits per heavy atom. The Kier molecular flexibility index (Phi) is 5.88. The lowest BCUT2D eigenvalue weighted by molar-refractivity contribution is -0.123. The molecule has 4 nitrogen and oxygen atoms in total. The predicted molar refractivity (Wildman–Crippen MR) is 129 cm³/mol. The van der Waals surface area contributed by atoms with E-state index in [9.17, 15) is 4.79 Å². The van der Waals surface area contributed by atoms with Crippen LogP contribution in [0.5, 0.6) is 5.75 Å². The first-order chi connectivity index (χ1) is 15.7. The van der Waals surface area contributed by atoms with E-state index < -0.39 is 0 Å². The van der Waals surface area contributed by atoms with Crippen LogP contribution in [0.15, 0.2) is 66.7 Å². The molecule has 3 aromatic rings. The Bertz CT molecular complexity index is 1090. The maximum absolute atomic E-state index is 12.7. The van der Waals surface area contributed by atoms with Crippen molar-refractivity contribution >= 4 is 16.7 Å². The van der Waals surface area contributed by atoms with Gasteiger partial charge in [-0.25, -0.2) is 0 Å². The van der Waals surface area contributed by atoms with Crippen LogP contribution in [0.25, 0.3) is 10.8 Å². The van der Waals surface area contributed by atoms with Gasteiger partial charge in [-0.3, -0.25) is 9.69 Å². The molecule has 1 saturated heterocycles. The van der Waals surface area contributed by atoms with Crippen LogP contribution < -0.4 is 10.1 Å². The van der Waals surface area contributed by atoms with Crippen molar-refractivity contribution in [1.82, 2.24) is 10.2 Å². The highest BCUT2D eigenvalue weighted by molar-refractivity contribution is 5.87. The number of nitrogens with one attached hydrogen (secondary N) is 1. The molecule has 1 aliphatic heterocycles.